The number of benzene rings is 1. The van der Waals surface area contributed by atoms with Gasteiger partial charge in [-0.15, -0.1) is 0 Å². The maximum absolute atomic E-state index is 12.5. The molecule has 0 spiro atoms. The average molecular weight is 299 g/mol. The molecule has 0 saturated heterocycles. The number of esters is 1. The zero-order valence-electron chi connectivity index (χ0n) is 13.2. The Balaban J connectivity index is 2.33. The molecule has 0 N–H and O–H groups in total. The first-order valence-electron chi connectivity index (χ1n) is 7.31. The number of hydrogen-bond acceptors (Lipinski definition) is 4. The Bertz CT molecular complexity index is 610. The predicted octanol–water partition coefficient (Wildman–Crippen LogP) is 3.15. The number of methoxy groups -OCH3 is 1. The minimum Gasteiger partial charge on any atom is -0.497 e. The van der Waals surface area contributed by atoms with Crippen molar-refractivity contribution in [2.24, 2.45) is 0 Å². The molecular weight excluding hydrogens is 278 g/mol. The minimum absolute atomic E-state index is 0.237. The van der Waals surface area contributed by atoms with E-state index in [9.17, 15) is 4.79 Å². The van der Waals surface area contributed by atoms with Crippen molar-refractivity contribution in [2.45, 2.75) is 25.7 Å². The quantitative estimate of drug-likeness (QED) is 0.769. The van der Waals surface area contributed by atoms with Crippen molar-refractivity contribution in [3.05, 3.63) is 59.9 Å². The number of carbonyl (C=O) groups excluding carboxylic acids is 1. The van der Waals surface area contributed by atoms with Gasteiger partial charge in [-0.2, -0.15) is 0 Å². The van der Waals surface area contributed by atoms with Crippen molar-refractivity contribution in [3.8, 4) is 5.75 Å². The predicted molar refractivity (Wildman–Crippen MR) is 84.9 cm³/mol. The van der Waals surface area contributed by atoms with Gasteiger partial charge in [0.2, 0.25) is 0 Å². The lowest BCUT2D eigenvalue weighted by atomic mass is 9.78. The van der Waals surface area contributed by atoms with E-state index in [1.165, 1.54) is 0 Å². The molecule has 4 nitrogen and oxygen atoms in total. The Kier molecular flexibility index (Phi) is 5.15. The summed E-state index contributed by atoms with van der Waals surface area (Å²) < 4.78 is 10.5. The van der Waals surface area contributed by atoms with Gasteiger partial charge in [0.05, 0.1) is 19.1 Å². The van der Waals surface area contributed by atoms with E-state index < -0.39 is 5.41 Å². The summed E-state index contributed by atoms with van der Waals surface area (Å²) in [6.07, 6.45) is 3.96. The monoisotopic (exact) mass is 299 g/mol. The van der Waals surface area contributed by atoms with Gasteiger partial charge in [0.15, 0.2) is 0 Å². The average Bonchev–Trinajstić information content (AvgIpc) is 2.56. The van der Waals surface area contributed by atoms with Crippen LogP contribution in [0, 0.1) is 0 Å². The Labute approximate surface area is 131 Å². The number of nitrogens with zero attached hydrogens (tertiary/aromatic N) is 1. The fourth-order valence-corrected chi connectivity index (χ4v) is 2.42. The third-order valence-electron chi connectivity index (χ3n) is 3.74. The van der Waals surface area contributed by atoms with Crippen LogP contribution in [0.25, 0.3) is 0 Å². The van der Waals surface area contributed by atoms with E-state index in [2.05, 4.69) is 4.98 Å². The van der Waals surface area contributed by atoms with Crippen molar-refractivity contribution in [2.75, 3.05) is 13.7 Å². The zero-order chi connectivity index (χ0) is 16.0. The van der Waals surface area contributed by atoms with Crippen LogP contribution in [0.1, 0.15) is 25.0 Å². The molecule has 22 heavy (non-hydrogen) atoms. The van der Waals surface area contributed by atoms with Crippen molar-refractivity contribution in [1.29, 1.82) is 0 Å². The van der Waals surface area contributed by atoms with Crippen molar-refractivity contribution < 1.29 is 14.3 Å². The molecule has 1 heterocycles. The van der Waals surface area contributed by atoms with Crippen LogP contribution in [-0.4, -0.2) is 24.7 Å². The fraction of sp³-hybridized carbons (Fsp3) is 0.333. The highest BCUT2D eigenvalue weighted by molar-refractivity contribution is 5.83. The van der Waals surface area contributed by atoms with E-state index in [0.717, 1.165) is 16.9 Å². The second kappa shape index (κ2) is 7.07. The maximum Gasteiger partial charge on any atom is 0.316 e. The van der Waals surface area contributed by atoms with Gasteiger partial charge in [-0.1, -0.05) is 18.2 Å². The van der Waals surface area contributed by atoms with E-state index in [-0.39, 0.29) is 5.97 Å². The summed E-state index contributed by atoms with van der Waals surface area (Å²) in [5, 5.41) is 0. The fourth-order valence-electron chi connectivity index (χ4n) is 2.42. The first-order valence-corrected chi connectivity index (χ1v) is 7.31. The van der Waals surface area contributed by atoms with E-state index in [0.29, 0.717) is 13.0 Å². The summed E-state index contributed by atoms with van der Waals surface area (Å²) in [4.78, 5) is 16.7. The summed E-state index contributed by atoms with van der Waals surface area (Å²) in [7, 11) is 1.63. The zero-order valence-corrected chi connectivity index (χ0v) is 13.2. The van der Waals surface area contributed by atoms with Gasteiger partial charge in [-0.25, -0.2) is 0 Å². The SMILES string of the molecule is CCOC(=O)C(C)(Cc1ccc(OC)cc1)c1cccnc1. The third kappa shape index (κ3) is 3.45. The molecule has 116 valence electrons. The van der Waals surface area contributed by atoms with Crippen LogP contribution in [0.5, 0.6) is 5.75 Å². The van der Waals surface area contributed by atoms with Gasteiger partial charge < -0.3 is 9.47 Å². The topological polar surface area (TPSA) is 48.4 Å². The minimum atomic E-state index is -0.765. The highest BCUT2D eigenvalue weighted by Crippen LogP contribution is 2.30. The van der Waals surface area contributed by atoms with E-state index in [4.69, 9.17) is 9.47 Å². The molecule has 0 aliphatic carbocycles. The normalized spacial score (nSPS) is 13.2. The van der Waals surface area contributed by atoms with Crippen LogP contribution < -0.4 is 4.74 Å². The van der Waals surface area contributed by atoms with Crippen molar-refractivity contribution in [3.63, 3.8) is 0 Å². The molecular formula is C18H21NO3. The molecule has 2 rings (SSSR count). The highest BCUT2D eigenvalue weighted by atomic mass is 16.5. The Morgan fingerprint density at radius 1 is 1.23 bits per heavy atom. The molecule has 1 unspecified atom stereocenters. The molecule has 1 aromatic heterocycles. The lowest BCUT2D eigenvalue weighted by Crippen LogP contribution is -2.36. The molecule has 0 bridgehead atoms. The van der Waals surface area contributed by atoms with Gasteiger partial charge in [0.25, 0.3) is 0 Å². The maximum atomic E-state index is 12.5. The molecule has 0 aliphatic rings. The smallest absolute Gasteiger partial charge is 0.316 e. The Hall–Kier alpha value is -2.36. The van der Waals surface area contributed by atoms with Crippen LogP contribution >= 0.6 is 0 Å². The highest BCUT2D eigenvalue weighted by Gasteiger charge is 2.37. The van der Waals surface area contributed by atoms with Gasteiger partial charge in [0, 0.05) is 12.4 Å². The lowest BCUT2D eigenvalue weighted by molar-refractivity contribution is -0.149. The summed E-state index contributed by atoms with van der Waals surface area (Å²) in [5.74, 6) is 0.557. The van der Waals surface area contributed by atoms with Gasteiger partial charge in [-0.05, 0) is 49.6 Å². The molecule has 2 aromatic rings. The number of aromatic nitrogens is 1. The number of hydrogen-bond donors (Lipinski definition) is 0. The first kappa shape index (κ1) is 16.0. The Morgan fingerprint density at radius 3 is 2.50 bits per heavy atom. The van der Waals surface area contributed by atoms with Crippen molar-refractivity contribution >= 4 is 5.97 Å². The largest absolute Gasteiger partial charge is 0.497 e. The second-order valence-electron chi connectivity index (χ2n) is 5.32. The van der Waals surface area contributed by atoms with E-state index >= 15 is 0 Å². The molecule has 0 saturated carbocycles. The standard InChI is InChI=1S/C18H21NO3/c1-4-22-17(20)18(2,15-6-5-11-19-13-15)12-14-7-9-16(21-3)10-8-14/h5-11,13H,4,12H2,1-3H3. The van der Waals surface area contributed by atoms with Crippen LogP contribution in [0.15, 0.2) is 48.8 Å². The summed E-state index contributed by atoms with van der Waals surface area (Å²) in [6.45, 7) is 4.07. The molecule has 0 amide bonds. The summed E-state index contributed by atoms with van der Waals surface area (Å²) in [6, 6.07) is 11.5. The molecule has 1 atom stereocenters. The van der Waals surface area contributed by atoms with Crippen LogP contribution in [-0.2, 0) is 21.4 Å². The molecule has 0 fully saturated rings. The second-order valence-corrected chi connectivity index (χ2v) is 5.32. The first-order chi connectivity index (χ1) is 10.6. The van der Waals surface area contributed by atoms with Crippen LogP contribution in [0.4, 0.5) is 0 Å². The number of rotatable bonds is 6. The number of pyridine rings is 1. The lowest BCUT2D eigenvalue weighted by Gasteiger charge is -2.27. The molecule has 0 aliphatic heterocycles. The number of carbonyl (C=O) groups is 1. The molecule has 0 radical (unpaired) electrons. The van der Waals surface area contributed by atoms with E-state index in [1.807, 2.05) is 50.2 Å². The Morgan fingerprint density at radius 2 is 1.95 bits per heavy atom. The summed E-state index contributed by atoms with van der Waals surface area (Å²) >= 11 is 0. The molecule has 4 heteroatoms. The number of ether oxygens (including phenoxy) is 2. The van der Waals surface area contributed by atoms with Crippen LogP contribution in [0.2, 0.25) is 0 Å². The van der Waals surface area contributed by atoms with Gasteiger partial charge in [-0.3, -0.25) is 9.78 Å². The summed E-state index contributed by atoms with van der Waals surface area (Å²) in [5.41, 5.74) is 1.13. The molecule has 1 aromatic carbocycles. The van der Waals surface area contributed by atoms with E-state index in [1.54, 1.807) is 19.5 Å². The van der Waals surface area contributed by atoms with Gasteiger partial charge in [0.1, 0.15) is 5.75 Å². The van der Waals surface area contributed by atoms with Crippen molar-refractivity contribution in [1.82, 2.24) is 4.98 Å². The van der Waals surface area contributed by atoms with Crippen LogP contribution in [0.3, 0.4) is 0 Å². The van der Waals surface area contributed by atoms with Gasteiger partial charge >= 0.3 is 5.97 Å². The third-order valence-corrected chi connectivity index (χ3v) is 3.74.